The standard InChI is InChI=1S/C7H17NO3/c1-2-3-4-11-7(8)6(10)5-9/h6-7,9-10H,2-5,8H2,1H3. The minimum atomic E-state index is -0.966. The molecule has 0 fully saturated rings. The van der Waals surface area contributed by atoms with Crippen LogP contribution in [-0.2, 0) is 4.74 Å². The monoisotopic (exact) mass is 163 g/mol. The van der Waals surface area contributed by atoms with Gasteiger partial charge in [0.2, 0.25) is 0 Å². The van der Waals surface area contributed by atoms with Gasteiger partial charge in [-0.15, -0.1) is 0 Å². The molecule has 0 aromatic carbocycles. The number of hydrogen-bond donors (Lipinski definition) is 3. The van der Waals surface area contributed by atoms with Crippen LogP contribution in [0.3, 0.4) is 0 Å². The molecule has 4 nitrogen and oxygen atoms in total. The molecule has 0 radical (unpaired) electrons. The SMILES string of the molecule is CCCCOC(N)C(O)CO. The third-order valence-corrected chi connectivity index (χ3v) is 1.37. The molecule has 0 amide bonds. The minimum absolute atomic E-state index is 0.354. The topological polar surface area (TPSA) is 75.7 Å². The highest BCUT2D eigenvalue weighted by Gasteiger charge is 2.12. The van der Waals surface area contributed by atoms with Crippen molar-refractivity contribution in [2.45, 2.75) is 32.1 Å². The van der Waals surface area contributed by atoms with E-state index < -0.39 is 12.3 Å². The molecule has 0 aliphatic rings. The molecular weight excluding hydrogens is 146 g/mol. The summed E-state index contributed by atoms with van der Waals surface area (Å²) in [7, 11) is 0. The zero-order valence-electron chi connectivity index (χ0n) is 6.86. The normalized spacial score (nSPS) is 16.4. The summed E-state index contributed by atoms with van der Waals surface area (Å²) in [6.45, 7) is 2.22. The summed E-state index contributed by atoms with van der Waals surface area (Å²) in [6.07, 6.45) is 0.228. The third-order valence-electron chi connectivity index (χ3n) is 1.37. The van der Waals surface area contributed by atoms with Crippen molar-refractivity contribution in [1.82, 2.24) is 0 Å². The van der Waals surface area contributed by atoms with Gasteiger partial charge in [0.15, 0.2) is 0 Å². The van der Waals surface area contributed by atoms with Crippen molar-refractivity contribution in [3.8, 4) is 0 Å². The molecule has 0 saturated carbocycles. The van der Waals surface area contributed by atoms with Crippen LogP contribution in [0.4, 0.5) is 0 Å². The van der Waals surface area contributed by atoms with Gasteiger partial charge in [-0.1, -0.05) is 13.3 Å². The van der Waals surface area contributed by atoms with Crippen molar-refractivity contribution < 1.29 is 14.9 Å². The molecule has 2 atom stereocenters. The molecule has 0 saturated heterocycles. The van der Waals surface area contributed by atoms with Crippen molar-refractivity contribution in [1.29, 1.82) is 0 Å². The molecule has 0 spiro atoms. The maximum Gasteiger partial charge on any atom is 0.134 e. The number of hydrogen-bond acceptors (Lipinski definition) is 4. The number of rotatable bonds is 6. The predicted molar refractivity (Wildman–Crippen MR) is 41.9 cm³/mol. The van der Waals surface area contributed by atoms with E-state index in [0.717, 1.165) is 12.8 Å². The Morgan fingerprint density at radius 1 is 1.55 bits per heavy atom. The lowest BCUT2D eigenvalue weighted by Crippen LogP contribution is -2.39. The molecule has 2 unspecified atom stereocenters. The van der Waals surface area contributed by atoms with E-state index in [0.29, 0.717) is 6.61 Å². The smallest absolute Gasteiger partial charge is 0.134 e. The van der Waals surface area contributed by atoms with Gasteiger partial charge in [-0.25, -0.2) is 0 Å². The van der Waals surface area contributed by atoms with Crippen LogP contribution < -0.4 is 5.73 Å². The third kappa shape index (κ3) is 5.15. The Morgan fingerprint density at radius 2 is 2.18 bits per heavy atom. The van der Waals surface area contributed by atoms with Crippen LogP contribution >= 0.6 is 0 Å². The Bertz CT molecular complexity index is 89.8. The lowest BCUT2D eigenvalue weighted by molar-refractivity contribution is -0.0550. The fourth-order valence-electron chi connectivity index (χ4n) is 0.579. The lowest BCUT2D eigenvalue weighted by atomic mass is 10.3. The van der Waals surface area contributed by atoms with Crippen LogP contribution in [0.1, 0.15) is 19.8 Å². The summed E-state index contributed by atoms with van der Waals surface area (Å²) >= 11 is 0. The van der Waals surface area contributed by atoms with Crippen LogP contribution in [0, 0.1) is 0 Å². The van der Waals surface area contributed by atoms with E-state index in [2.05, 4.69) is 0 Å². The summed E-state index contributed by atoms with van der Waals surface area (Å²) in [5, 5.41) is 17.4. The van der Waals surface area contributed by atoms with Crippen LogP contribution in [0.25, 0.3) is 0 Å². The summed E-state index contributed by atoms with van der Waals surface area (Å²) in [5.74, 6) is 0. The quantitative estimate of drug-likeness (QED) is 0.362. The Balaban J connectivity index is 3.28. The Morgan fingerprint density at radius 3 is 2.64 bits per heavy atom. The number of aliphatic hydroxyl groups excluding tert-OH is 2. The van der Waals surface area contributed by atoms with Crippen molar-refractivity contribution in [2.24, 2.45) is 5.73 Å². The molecule has 4 N–H and O–H groups in total. The average Bonchev–Trinajstić information content (AvgIpc) is 2.03. The maximum atomic E-state index is 8.93. The van der Waals surface area contributed by atoms with Crippen molar-refractivity contribution >= 4 is 0 Å². The second-order valence-corrected chi connectivity index (χ2v) is 2.44. The van der Waals surface area contributed by atoms with Crippen LogP contribution in [0.5, 0.6) is 0 Å². The van der Waals surface area contributed by atoms with E-state index in [9.17, 15) is 0 Å². The highest BCUT2D eigenvalue weighted by Crippen LogP contribution is 1.94. The van der Waals surface area contributed by atoms with Crippen LogP contribution in [0.2, 0.25) is 0 Å². The molecular formula is C7H17NO3. The fourth-order valence-corrected chi connectivity index (χ4v) is 0.579. The largest absolute Gasteiger partial charge is 0.394 e. The Hall–Kier alpha value is -0.160. The number of ether oxygens (including phenoxy) is 1. The van der Waals surface area contributed by atoms with Gasteiger partial charge in [0.1, 0.15) is 12.3 Å². The second kappa shape index (κ2) is 6.54. The van der Waals surface area contributed by atoms with Gasteiger partial charge in [0, 0.05) is 6.61 Å². The molecule has 0 bridgehead atoms. The fraction of sp³-hybridized carbons (Fsp3) is 1.00. The molecule has 0 heterocycles. The first-order valence-corrected chi connectivity index (χ1v) is 3.88. The first kappa shape index (κ1) is 10.8. The maximum absolute atomic E-state index is 8.93. The summed E-state index contributed by atoms with van der Waals surface area (Å²) in [4.78, 5) is 0. The van der Waals surface area contributed by atoms with Gasteiger partial charge >= 0.3 is 0 Å². The number of nitrogens with two attached hydrogens (primary N) is 1. The van der Waals surface area contributed by atoms with E-state index in [1.807, 2.05) is 6.92 Å². The summed E-state index contributed by atoms with van der Waals surface area (Å²) in [6, 6.07) is 0. The van der Waals surface area contributed by atoms with Crippen molar-refractivity contribution in [3.05, 3.63) is 0 Å². The van der Waals surface area contributed by atoms with E-state index in [-0.39, 0.29) is 6.61 Å². The molecule has 0 aliphatic heterocycles. The molecule has 4 heteroatoms. The highest BCUT2D eigenvalue weighted by molar-refractivity contribution is 4.59. The van der Waals surface area contributed by atoms with Gasteiger partial charge in [-0.3, -0.25) is 0 Å². The number of aliphatic hydroxyl groups is 2. The van der Waals surface area contributed by atoms with Crippen molar-refractivity contribution in [3.63, 3.8) is 0 Å². The van der Waals surface area contributed by atoms with E-state index in [1.54, 1.807) is 0 Å². The molecule has 0 aliphatic carbocycles. The Labute approximate surface area is 67.0 Å². The first-order valence-electron chi connectivity index (χ1n) is 3.88. The lowest BCUT2D eigenvalue weighted by Gasteiger charge is -2.16. The van der Waals surface area contributed by atoms with E-state index >= 15 is 0 Å². The van der Waals surface area contributed by atoms with Crippen molar-refractivity contribution in [2.75, 3.05) is 13.2 Å². The Kier molecular flexibility index (Phi) is 6.45. The summed E-state index contributed by atoms with van der Waals surface area (Å²) < 4.78 is 5.00. The highest BCUT2D eigenvalue weighted by atomic mass is 16.5. The average molecular weight is 163 g/mol. The zero-order valence-corrected chi connectivity index (χ0v) is 6.86. The zero-order chi connectivity index (χ0) is 8.69. The van der Waals surface area contributed by atoms with Crippen LogP contribution in [-0.4, -0.2) is 35.8 Å². The van der Waals surface area contributed by atoms with Gasteiger partial charge in [-0.2, -0.15) is 0 Å². The van der Waals surface area contributed by atoms with E-state index in [1.165, 1.54) is 0 Å². The second-order valence-electron chi connectivity index (χ2n) is 2.44. The predicted octanol–water partition coefficient (Wildman–Crippen LogP) is -0.559. The van der Waals surface area contributed by atoms with Gasteiger partial charge in [-0.05, 0) is 6.42 Å². The van der Waals surface area contributed by atoms with Crippen LogP contribution in [0.15, 0.2) is 0 Å². The molecule has 0 aromatic heterocycles. The molecule has 0 aromatic rings. The molecule has 68 valence electrons. The minimum Gasteiger partial charge on any atom is -0.394 e. The van der Waals surface area contributed by atoms with Gasteiger partial charge in [0.25, 0.3) is 0 Å². The van der Waals surface area contributed by atoms with E-state index in [4.69, 9.17) is 20.7 Å². The van der Waals surface area contributed by atoms with Gasteiger partial charge < -0.3 is 20.7 Å². The van der Waals surface area contributed by atoms with Gasteiger partial charge in [0.05, 0.1) is 6.61 Å². The molecule has 0 rings (SSSR count). The first-order chi connectivity index (χ1) is 5.22. The number of unbranched alkanes of at least 4 members (excludes halogenated alkanes) is 1. The summed E-state index contributed by atoms with van der Waals surface area (Å²) in [5.41, 5.74) is 5.34. The molecule has 11 heavy (non-hydrogen) atoms.